The van der Waals surface area contributed by atoms with Crippen molar-refractivity contribution >= 4 is 0 Å². The lowest BCUT2D eigenvalue weighted by atomic mass is 9.97. The van der Waals surface area contributed by atoms with Gasteiger partial charge in [-0.25, -0.2) is 13.2 Å². The highest BCUT2D eigenvalue weighted by molar-refractivity contribution is 5.35. The molecular weight excluding hydrogens is 249 g/mol. The van der Waals surface area contributed by atoms with Crippen LogP contribution >= 0.6 is 0 Å². The van der Waals surface area contributed by atoms with Crippen LogP contribution in [0, 0.1) is 5.82 Å². The summed E-state index contributed by atoms with van der Waals surface area (Å²) in [4.78, 5) is 0. The van der Waals surface area contributed by atoms with Gasteiger partial charge < -0.3 is 0 Å². The first-order valence-electron chi connectivity index (χ1n) is 6.81. The predicted molar refractivity (Wildman–Crippen MR) is 73.1 cm³/mol. The van der Waals surface area contributed by atoms with Gasteiger partial charge in [-0.2, -0.15) is 0 Å². The van der Waals surface area contributed by atoms with E-state index in [1.54, 1.807) is 12.1 Å². The van der Waals surface area contributed by atoms with Gasteiger partial charge in [0.1, 0.15) is 5.82 Å². The maximum absolute atomic E-state index is 14.1. The fourth-order valence-corrected chi connectivity index (χ4v) is 2.20. The van der Waals surface area contributed by atoms with E-state index in [1.165, 1.54) is 0 Å². The molecule has 1 aromatic rings. The van der Waals surface area contributed by atoms with Crippen LogP contribution in [0.5, 0.6) is 0 Å². The summed E-state index contributed by atoms with van der Waals surface area (Å²) in [5.41, 5.74) is 0.437. The minimum atomic E-state index is -2.74. The number of halogens is 3. The molecular formula is C16H21F3. The van der Waals surface area contributed by atoms with Crippen molar-refractivity contribution in [2.24, 2.45) is 0 Å². The lowest BCUT2D eigenvalue weighted by molar-refractivity contribution is 0.144. The van der Waals surface area contributed by atoms with Gasteiger partial charge in [0.15, 0.2) is 0 Å². The third-order valence-electron chi connectivity index (χ3n) is 3.19. The smallest absolute Gasteiger partial charge is 0.206 e. The number of hydrogen-bond acceptors (Lipinski definition) is 0. The van der Waals surface area contributed by atoms with Crippen LogP contribution in [-0.2, 0) is 12.8 Å². The van der Waals surface area contributed by atoms with E-state index < -0.39 is 17.8 Å². The number of hydrogen-bond donors (Lipinski definition) is 0. The van der Waals surface area contributed by atoms with Crippen LogP contribution in [-0.4, -0.2) is 0 Å². The van der Waals surface area contributed by atoms with Crippen molar-refractivity contribution < 1.29 is 13.2 Å². The lowest BCUT2D eigenvalue weighted by Crippen LogP contribution is -2.03. The monoisotopic (exact) mass is 270 g/mol. The van der Waals surface area contributed by atoms with Gasteiger partial charge in [-0.3, -0.25) is 0 Å². The topological polar surface area (TPSA) is 0 Å². The second kappa shape index (κ2) is 8.03. The summed E-state index contributed by atoms with van der Waals surface area (Å²) in [7, 11) is 0. The molecule has 3 heteroatoms. The fraction of sp³-hybridized carbons (Fsp3) is 0.500. The summed E-state index contributed by atoms with van der Waals surface area (Å²) in [6, 6.07) is 3.30. The van der Waals surface area contributed by atoms with E-state index in [2.05, 4.69) is 6.58 Å². The molecule has 0 heterocycles. The van der Waals surface area contributed by atoms with Crippen molar-refractivity contribution in [1.29, 1.82) is 0 Å². The van der Waals surface area contributed by atoms with Crippen LogP contribution in [0.2, 0.25) is 0 Å². The van der Waals surface area contributed by atoms with Crippen LogP contribution in [0.15, 0.2) is 24.8 Å². The van der Waals surface area contributed by atoms with Crippen molar-refractivity contribution in [1.82, 2.24) is 0 Å². The average Bonchev–Trinajstić information content (AvgIpc) is 2.36. The molecule has 0 unspecified atom stereocenters. The van der Waals surface area contributed by atoms with Crippen molar-refractivity contribution in [2.45, 2.75) is 51.9 Å². The molecule has 0 amide bonds. The highest BCUT2D eigenvalue weighted by Gasteiger charge is 2.20. The van der Waals surface area contributed by atoms with Gasteiger partial charge in [-0.15, -0.1) is 6.58 Å². The zero-order valence-corrected chi connectivity index (χ0v) is 11.4. The Hall–Kier alpha value is -1.25. The molecule has 0 saturated heterocycles. The molecule has 0 N–H and O–H groups in total. The van der Waals surface area contributed by atoms with Crippen LogP contribution in [0.25, 0.3) is 0 Å². The summed E-state index contributed by atoms with van der Waals surface area (Å²) in [6.07, 6.45) is 3.37. The van der Waals surface area contributed by atoms with E-state index in [1.807, 2.05) is 13.0 Å². The van der Waals surface area contributed by atoms with Gasteiger partial charge in [-0.05, 0) is 43.2 Å². The van der Waals surface area contributed by atoms with Crippen LogP contribution in [0.3, 0.4) is 0 Å². The highest BCUT2D eigenvalue weighted by Crippen LogP contribution is 2.29. The molecule has 0 aliphatic rings. The van der Waals surface area contributed by atoms with Crippen molar-refractivity contribution in [2.75, 3.05) is 0 Å². The SMILES string of the molecule is C=CCCCCc1ccc(CCC)c(C(F)F)c1F. The van der Waals surface area contributed by atoms with E-state index in [9.17, 15) is 13.2 Å². The Kier molecular flexibility index (Phi) is 6.68. The summed E-state index contributed by atoms with van der Waals surface area (Å²) in [5, 5.41) is 0. The first-order valence-corrected chi connectivity index (χ1v) is 6.81. The van der Waals surface area contributed by atoms with Gasteiger partial charge in [0, 0.05) is 0 Å². The second-order valence-electron chi connectivity index (χ2n) is 4.70. The summed E-state index contributed by atoms with van der Waals surface area (Å²) in [5.74, 6) is -0.709. The Morgan fingerprint density at radius 2 is 1.84 bits per heavy atom. The zero-order valence-electron chi connectivity index (χ0n) is 11.4. The molecule has 0 aromatic heterocycles. The van der Waals surface area contributed by atoms with E-state index in [-0.39, 0.29) is 0 Å². The highest BCUT2D eigenvalue weighted by atomic mass is 19.3. The molecule has 0 atom stereocenters. The van der Waals surface area contributed by atoms with Crippen molar-refractivity contribution in [3.05, 3.63) is 47.3 Å². The number of aryl methyl sites for hydroxylation is 2. The van der Waals surface area contributed by atoms with Gasteiger partial charge in [-0.1, -0.05) is 31.6 Å². The number of rotatable bonds is 8. The molecule has 0 aliphatic carbocycles. The molecule has 0 aliphatic heterocycles. The molecule has 1 aromatic carbocycles. The summed E-state index contributed by atoms with van der Waals surface area (Å²) < 4.78 is 40.1. The average molecular weight is 270 g/mol. The first-order chi connectivity index (χ1) is 9.11. The normalized spacial score (nSPS) is 11.0. The predicted octanol–water partition coefficient (Wildman–Crippen LogP) is 5.61. The third kappa shape index (κ3) is 4.41. The number of alkyl halides is 2. The first kappa shape index (κ1) is 15.8. The fourth-order valence-electron chi connectivity index (χ4n) is 2.20. The number of allylic oxidation sites excluding steroid dienone is 1. The minimum absolute atomic E-state index is 0.400. The molecule has 0 bridgehead atoms. The molecule has 19 heavy (non-hydrogen) atoms. The van der Waals surface area contributed by atoms with Crippen LogP contribution < -0.4 is 0 Å². The molecule has 106 valence electrons. The standard InChI is InChI=1S/C16H21F3/c1-3-5-6-7-9-13-11-10-12(8-4-2)14(15(13)17)16(18)19/h3,10-11,16H,1,4-9H2,2H3. The molecule has 0 radical (unpaired) electrons. The molecule has 0 fully saturated rings. The Bertz CT molecular complexity index is 411. The molecule has 0 nitrogen and oxygen atoms in total. The summed E-state index contributed by atoms with van der Waals surface area (Å²) >= 11 is 0. The van der Waals surface area contributed by atoms with E-state index in [0.717, 1.165) is 25.7 Å². The third-order valence-corrected chi connectivity index (χ3v) is 3.19. The van der Waals surface area contributed by atoms with Crippen LogP contribution in [0.4, 0.5) is 13.2 Å². The van der Waals surface area contributed by atoms with Crippen molar-refractivity contribution in [3.8, 4) is 0 Å². The Morgan fingerprint density at radius 1 is 1.16 bits per heavy atom. The zero-order chi connectivity index (χ0) is 14.3. The van der Waals surface area contributed by atoms with Crippen molar-refractivity contribution in [3.63, 3.8) is 0 Å². The van der Waals surface area contributed by atoms with Gasteiger partial charge in [0.25, 0.3) is 6.43 Å². The van der Waals surface area contributed by atoms with Gasteiger partial charge >= 0.3 is 0 Å². The van der Waals surface area contributed by atoms with E-state index in [0.29, 0.717) is 24.0 Å². The van der Waals surface area contributed by atoms with Gasteiger partial charge in [0.2, 0.25) is 0 Å². The second-order valence-corrected chi connectivity index (χ2v) is 4.70. The Balaban J connectivity index is 2.89. The summed E-state index contributed by atoms with van der Waals surface area (Å²) in [6.45, 7) is 5.52. The Labute approximate surface area is 113 Å². The van der Waals surface area contributed by atoms with Crippen LogP contribution in [0.1, 0.15) is 55.7 Å². The molecule has 0 spiro atoms. The minimum Gasteiger partial charge on any atom is -0.206 e. The van der Waals surface area contributed by atoms with Gasteiger partial charge in [0.05, 0.1) is 5.56 Å². The maximum Gasteiger partial charge on any atom is 0.266 e. The van der Waals surface area contributed by atoms with E-state index in [4.69, 9.17) is 0 Å². The number of unbranched alkanes of at least 4 members (excludes halogenated alkanes) is 2. The molecule has 0 saturated carbocycles. The quantitative estimate of drug-likeness (QED) is 0.425. The maximum atomic E-state index is 14.1. The largest absolute Gasteiger partial charge is 0.266 e. The Morgan fingerprint density at radius 3 is 2.42 bits per heavy atom. The number of benzene rings is 1. The van der Waals surface area contributed by atoms with E-state index >= 15 is 0 Å². The molecule has 1 rings (SSSR count). The lowest BCUT2D eigenvalue weighted by Gasteiger charge is -2.13.